The van der Waals surface area contributed by atoms with Crippen LogP contribution in [0.15, 0.2) is 35.3 Å². The molecular formula is C11H12N2S2. The summed E-state index contributed by atoms with van der Waals surface area (Å²) in [7, 11) is -0.543. The first kappa shape index (κ1) is 10.6. The van der Waals surface area contributed by atoms with Crippen molar-refractivity contribution in [1.82, 2.24) is 0 Å². The Morgan fingerprint density at radius 3 is 2.87 bits per heavy atom. The molecule has 0 saturated carbocycles. The molecule has 1 aliphatic rings. The zero-order valence-corrected chi connectivity index (χ0v) is 10.1. The Morgan fingerprint density at radius 2 is 2.20 bits per heavy atom. The summed E-state index contributed by atoms with van der Waals surface area (Å²) >= 11 is 1.75. The number of thioether (sulfide) groups is 1. The number of nitriles is 1. The molecule has 4 heteroatoms. The molecule has 2 rings (SSSR count). The van der Waals surface area contributed by atoms with Crippen molar-refractivity contribution in [3.63, 3.8) is 0 Å². The molecule has 1 heterocycles. The highest BCUT2D eigenvalue weighted by atomic mass is 32.2. The topological polar surface area (TPSA) is 36.1 Å². The van der Waals surface area contributed by atoms with Gasteiger partial charge in [0.1, 0.15) is 5.40 Å². The summed E-state index contributed by atoms with van der Waals surface area (Å²) in [6.07, 6.45) is 2.02. The second-order valence-electron chi connectivity index (χ2n) is 3.30. The number of benzene rings is 1. The van der Waals surface area contributed by atoms with Crippen LogP contribution in [0.1, 0.15) is 5.56 Å². The molecule has 2 unspecified atom stereocenters. The van der Waals surface area contributed by atoms with Crippen molar-refractivity contribution < 1.29 is 0 Å². The molecule has 2 atom stereocenters. The molecule has 2 nitrogen and oxygen atoms in total. The fourth-order valence-electron chi connectivity index (χ4n) is 1.37. The van der Waals surface area contributed by atoms with Crippen LogP contribution in [-0.2, 0) is 0 Å². The van der Waals surface area contributed by atoms with Gasteiger partial charge in [-0.3, -0.25) is 4.99 Å². The third kappa shape index (κ3) is 2.36. The van der Waals surface area contributed by atoms with Gasteiger partial charge in [-0.1, -0.05) is 42.1 Å². The van der Waals surface area contributed by atoms with Gasteiger partial charge in [0.25, 0.3) is 0 Å². The third-order valence-corrected chi connectivity index (χ3v) is 5.87. The number of rotatable bonds is 2. The maximum atomic E-state index is 8.87. The van der Waals surface area contributed by atoms with Gasteiger partial charge in [0.2, 0.25) is 0 Å². The van der Waals surface area contributed by atoms with Crippen molar-refractivity contribution >= 4 is 27.7 Å². The van der Waals surface area contributed by atoms with E-state index in [0.717, 1.165) is 11.6 Å². The van der Waals surface area contributed by atoms with Crippen LogP contribution in [0, 0.1) is 10.7 Å². The number of hydrogen-bond acceptors (Lipinski definition) is 3. The SMILES string of the molecule is C[SH](C#N)C1CN=C(c2ccccc2)S1. The van der Waals surface area contributed by atoms with E-state index in [4.69, 9.17) is 5.26 Å². The lowest BCUT2D eigenvalue weighted by Crippen LogP contribution is -2.01. The summed E-state index contributed by atoms with van der Waals surface area (Å²) in [6, 6.07) is 10.2. The van der Waals surface area contributed by atoms with E-state index in [9.17, 15) is 0 Å². The first-order valence-corrected chi connectivity index (χ1v) is 7.44. The van der Waals surface area contributed by atoms with Gasteiger partial charge in [0.15, 0.2) is 0 Å². The number of thiol groups is 1. The maximum Gasteiger partial charge on any atom is 0.111 e. The quantitative estimate of drug-likeness (QED) is 0.633. The van der Waals surface area contributed by atoms with Gasteiger partial charge in [-0.15, -0.1) is 0 Å². The second-order valence-corrected chi connectivity index (χ2v) is 6.88. The minimum absolute atomic E-state index is 0.389. The minimum Gasteiger partial charge on any atom is -0.276 e. The second kappa shape index (κ2) is 4.73. The van der Waals surface area contributed by atoms with Gasteiger partial charge >= 0.3 is 0 Å². The van der Waals surface area contributed by atoms with E-state index in [0.29, 0.717) is 4.58 Å². The highest BCUT2D eigenvalue weighted by molar-refractivity contribution is 8.34. The third-order valence-electron chi connectivity index (χ3n) is 2.25. The summed E-state index contributed by atoms with van der Waals surface area (Å²) in [5.41, 5.74) is 1.17. The van der Waals surface area contributed by atoms with Crippen LogP contribution < -0.4 is 0 Å². The van der Waals surface area contributed by atoms with Gasteiger partial charge in [0.05, 0.1) is 16.2 Å². The van der Waals surface area contributed by atoms with E-state index < -0.39 is 10.9 Å². The van der Waals surface area contributed by atoms with Crippen molar-refractivity contribution in [2.24, 2.45) is 4.99 Å². The van der Waals surface area contributed by atoms with Gasteiger partial charge in [-0.2, -0.15) is 16.2 Å². The first-order valence-electron chi connectivity index (χ1n) is 4.70. The van der Waals surface area contributed by atoms with Crippen LogP contribution in [0.25, 0.3) is 0 Å². The van der Waals surface area contributed by atoms with Gasteiger partial charge in [-0.05, 0) is 6.26 Å². The summed E-state index contributed by atoms with van der Waals surface area (Å²) in [6.45, 7) is 0.796. The molecule has 78 valence electrons. The molecular weight excluding hydrogens is 224 g/mol. The number of aliphatic imine (C=N–C) groups is 1. The Labute approximate surface area is 96.8 Å². The molecule has 0 amide bonds. The zero-order chi connectivity index (χ0) is 10.7. The Morgan fingerprint density at radius 1 is 1.47 bits per heavy atom. The Bertz CT molecular complexity index is 408. The van der Waals surface area contributed by atoms with Crippen molar-refractivity contribution in [3.8, 4) is 5.40 Å². The lowest BCUT2D eigenvalue weighted by Gasteiger charge is -2.13. The van der Waals surface area contributed by atoms with Gasteiger partial charge in [0, 0.05) is 5.56 Å². The standard InChI is InChI=1S/C11H12N2S2/c1-15(8-12)10-7-13-11(14-10)9-5-3-2-4-6-9/h2-6,10,15H,7H2,1H3. The number of thiocyanates is 1. The highest BCUT2D eigenvalue weighted by Gasteiger charge is 2.23. The molecule has 0 fully saturated rings. The van der Waals surface area contributed by atoms with Crippen LogP contribution >= 0.6 is 22.7 Å². The van der Waals surface area contributed by atoms with Crippen LogP contribution in [0.5, 0.6) is 0 Å². The largest absolute Gasteiger partial charge is 0.276 e. The van der Waals surface area contributed by atoms with Gasteiger partial charge < -0.3 is 0 Å². The maximum absolute atomic E-state index is 8.87. The summed E-state index contributed by atoms with van der Waals surface area (Å²) in [4.78, 5) is 4.50. The molecule has 1 aromatic rings. The lowest BCUT2D eigenvalue weighted by atomic mass is 10.2. The molecule has 1 aromatic carbocycles. The van der Waals surface area contributed by atoms with Crippen molar-refractivity contribution in [2.45, 2.75) is 4.58 Å². The Balaban J connectivity index is 2.08. The average Bonchev–Trinajstić information content (AvgIpc) is 2.78. The molecule has 0 radical (unpaired) electrons. The number of hydrogen-bond donors (Lipinski definition) is 1. The van der Waals surface area contributed by atoms with Crippen molar-refractivity contribution in [1.29, 1.82) is 5.26 Å². The smallest absolute Gasteiger partial charge is 0.111 e. The molecule has 0 N–H and O–H groups in total. The fourth-order valence-corrected chi connectivity index (χ4v) is 3.73. The summed E-state index contributed by atoms with van der Waals surface area (Å²) in [5, 5.41) is 12.3. The predicted molar refractivity (Wildman–Crippen MR) is 69.7 cm³/mol. The van der Waals surface area contributed by atoms with Gasteiger partial charge in [-0.25, -0.2) is 0 Å². The molecule has 0 spiro atoms. The van der Waals surface area contributed by atoms with E-state index >= 15 is 0 Å². The Hall–Kier alpha value is -0.920. The zero-order valence-electron chi connectivity index (χ0n) is 8.42. The van der Waals surface area contributed by atoms with E-state index in [1.165, 1.54) is 5.56 Å². The average molecular weight is 236 g/mol. The van der Waals surface area contributed by atoms with Crippen LogP contribution in [0.2, 0.25) is 0 Å². The van der Waals surface area contributed by atoms with E-state index in [1.807, 2.05) is 24.5 Å². The van der Waals surface area contributed by atoms with Crippen LogP contribution in [0.4, 0.5) is 0 Å². The van der Waals surface area contributed by atoms with E-state index in [1.54, 1.807) is 11.8 Å². The normalized spacial score (nSPS) is 23.1. The molecule has 0 aromatic heterocycles. The van der Waals surface area contributed by atoms with E-state index in [2.05, 4.69) is 22.5 Å². The van der Waals surface area contributed by atoms with E-state index in [-0.39, 0.29) is 0 Å². The van der Waals surface area contributed by atoms with Crippen molar-refractivity contribution in [2.75, 3.05) is 12.8 Å². The molecule has 0 saturated heterocycles. The predicted octanol–water partition coefficient (Wildman–Crippen LogP) is 2.62. The lowest BCUT2D eigenvalue weighted by molar-refractivity contribution is 1.13. The first-order chi connectivity index (χ1) is 7.31. The molecule has 15 heavy (non-hydrogen) atoms. The number of nitrogens with zero attached hydrogens (tertiary/aromatic N) is 2. The molecule has 0 bridgehead atoms. The summed E-state index contributed by atoms with van der Waals surface area (Å²) < 4.78 is 0.389. The summed E-state index contributed by atoms with van der Waals surface area (Å²) in [5.74, 6) is 0. The van der Waals surface area contributed by atoms with Crippen molar-refractivity contribution in [3.05, 3.63) is 35.9 Å². The monoisotopic (exact) mass is 236 g/mol. The molecule has 1 aliphatic heterocycles. The Kier molecular flexibility index (Phi) is 3.34. The fraction of sp³-hybridized carbons (Fsp3) is 0.273. The van der Waals surface area contributed by atoms with Crippen LogP contribution in [0.3, 0.4) is 0 Å². The molecule has 0 aliphatic carbocycles. The van der Waals surface area contributed by atoms with Crippen LogP contribution in [-0.4, -0.2) is 22.4 Å². The highest BCUT2D eigenvalue weighted by Crippen LogP contribution is 2.40. The minimum atomic E-state index is -0.543.